The Morgan fingerprint density at radius 1 is 1.39 bits per heavy atom. The number of ether oxygens (including phenoxy) is 1. The first-order chi connectivity index (χ1) is 15.5. The summed E-state index contributed by atoms with van der Waals surface area (Å²) >= 11 is 2.30. The van der Waals surface area contributed by atoms with Crippen molar-refractivity contribution in [2.24, 2.45) is 11.5 Å². The molecular formula is C18H20N6O7S2. The van der Waals surface area contributed by atoms with Gasteiger partial charge in [0.25, 0.3) is 5.91 Å². The second-order valence-electron chi connectivity index (χ2n) is 7.01. The Labute approximate surface area is 195 Å². The van der Waals surface area contributed by atoms with E-state index in [-0.39, 0.29) is 24.4 Å². The summed E-state index contributed by atoms with van der Waals surface area (Å²) in [6.45, 7) is 0.796. The fourth-order valence-corrected chi connectivity index (χ4v) is 5.73. The number of nitrogens with two attached hydrogens (primary N) is 2. The number of β-lactam (4-membered cyclic amide) rings is 1. The van der Waals surface area contributed by atoms with Gasteiger partial charge < -0.3 is 26.6 Å². The molecule has 2 atom stereocenters. The molecule has 3 heterocycles. The molecule has 1 aromatic rings. The lowest BCUT2D eigenvalue weighted by Gasteiger charge is -2.59. The van der Waals surface area contributed by atoms with E-state index >= 15 is 0 Å². The van der Waals surface area contributed by atoms with Gasteiger partial charge in [-0.2, -0.15) is 0 Å². The molecule has 0 spiro atoms. The zero-order valence-corrected chi connectivity index (χ0v) is 18.8. The number of hydrogen-bond acceptors (Lipinski definition) is 9. The Balaban J connectivity index is 2.02. The number of carboxylic acids is 1. The van der Waals surface area contributed by atoms with Gasteiger partial charge in [0.2, 0.25) is 11.6 Å². The Morgan fingerprint density at radius 3 is 2.61 bits per heavy atom. The third-order valence-electron chi connectivity index (χ3n) is 4.84. The minimum Gasteiger partial charge on any atom is -0.477 e. The Morgan fingerprint density at radius 2 is 2.09 bits per heavy atom. The Kier molecular flexibility index (Phi) is 6.64. The van der Waals surface area contributed by atoms with Gasteiger partial charge in [-0.15, -0.1) is 23.1 Å². The smallest absolute Gasteiger partial charge is 0.352 e. The van der Waals surface area contributed by atoms with Gasteiger partial charge in [0, 0.05) is 23.1 Å². The molecule has 0 aromatic carbocycles. The van der Waals surface area contributed by atoms with Crippen LogP contribution in [0.2, 0.25) is 0 Å². The molecule has 1 saturated heterocycles. The summed E-state index contributed by atoms with van der Waals surface area (Å²) < 4.78 is 4.89. The highest BCUT2D eigenvalue weighted by atomic mass is 32.2. The lowest BCUT2D eigenvalue weighted by atomic mass is 9.92. The molecular weight excluding hydrogens is 476 g/mol. The van der Waals surface area contributed by atoms with Crippen molar-refractivity contribution in [2.75, 3.05) is 12.4 Å². The molecule has 1 aromatic heterocycles. The van der Waals surface area contributed by atoms with Gasteiger partial charge in [0.1, 0.15) is 17.7 Å². The molecule has 0 aliphatic carbocycles. The van der Waals surface area contributed by atoms with Crippen LogP contribution < -0.4 is 16.8 Å². The number of esters is 1. The molecule has 4 amide bonds. The molecule has 7 N–H and O–H groups in total. The summed E-state index contributed by atoms with van der Waals surface area (Å²) in [5.41, 5.74) is 8.41. The summed E-state index contributed by atoms with van der Waals surface area (Å²) in [5.74, 6) is -4.70. The number of hydrogen-bond donors (Lipinski definition) is 5. The van der Waals surface area contributed by atoms with Crippen molar-refractivity contribution in [2.45, 2.75) is 24.4 Å². The quantitative estimate of drug-likeness (QED) is 0.105. The van der Waals surface area contributed by atoms with Crippen LogP contribution in [0.5, 0.6) is 0 Å². The van der Waals surface area contributed by atoms with Crippen LogP contribution in [0.25, 0.3) is 0 Å². The highest BCUT2D eigenvalue weighted by Crippen LogP contribution is 2.47. The summed E-state index contributed by atoms with van der Waals surface area (Å²) in [6, 6.07) is 2.15. The van der Waals surface area contributed by atoms with Gasteiger partial charge in [0.05, 0.1) is 6.42 Å². The molecule has 15 heteroatoms. The van der Waals surface area contributed by atoms with Crippen molar-refractivity contribution < 1.29 is 33.8 Å². The van der Waals surface area contributed by atoms with Crippen molar-refractivity contribution in [3.8, 4) is 0 Å². The van der Waals surface area contributed by atoms with E-state index in [0.717, 1.165) is 23.6 Å². The lowest BCUT2D eigenvalue weighted by Crippen LogP contribution is -2.87. The highest BCUT2D eigenvalue weighted by molar-refractivity contribution is 8.00. The monoisotopic (exact) mass is 496 g/mol. The SMILES string of the molecule is CC(=O)OCC1=C(C(=O)O)N2C(=O)[C@@](NC(=O)Cc3cccs3)(N(C(=N)N)C(N)=O)[C@H]2SC1. The fraction of sp³-hybridized carbons (Fsp3) is 0.333. The van der Waals surface area contributed by atoms with Crippen LogP contribution >= 0.6 is 23.1 Å². The van der Waals surface area contributed by atoms with Crippen molar-refractivity contribution in [3.63, 3.8) is 0 Å². The van der Waals surface area contributed by atoms with Crippen molar-refractivity contribution in [1.82, 2.24) is 15.1 Å². The van der Waals surface area contributed by atoms with Crippen LogP contribution in [-0.4, -0.2) is 74.0 Å². The number of guanidine groups is 1. The molecule has 0 unspecified atom stereocenters. The zero-order valence-electron chi connectivity index (χ0n) is 17.2. The third-order valence-corrected chi connectivity index (χ3v) is 7.10. The van der Waals surface area contributed by atoms with Crippen LogP contribution in [-0.2, 0) is 30.3 Å². The number of thiophene rings is 1. The first kappa shape index (κ1) is 24.1. The van der Waals surface area contributed by atoms with Crippen molar-refractivity contribution >= 4 is 58.8 Å². The molecule has 13 nitrogen and oxygen atoms in total. The van der Waals surface area contributed by atoms with Crippen molar-refractivity contribution in [3.05, 3.63) is 33.7 Å². The normalized spacial score (nSPS) is 21.5. The van der Waals surface area contributed by atoms with Crippen molar-refractivity contribution in [1.29, 1.82) is 5.41 Å². The van der Waals surface area contributed by atoms with Crippen LogP contribution in [0, 0.1) is 5.41 Å². The molecule has 0 radical (unpaired) electrons. The largest absolute Gasteiger partial charge is 0.477 e. The number of urea groups is 1. The Hall–Kier alpha value is -3.59. The molecule has 33 heavy (non-hydrogen) atoms. The van der Waals surface area contributed by atoms with E-state index in [0.29, 0.717) is 9.78 Å². The number of thioether (sulfide) groups is 1. The van der Waals surface area contributed by atoms with E-state index in [9.17, 15) is 29.1 Å². The maximum atomic E-state index is 13.4. The van der Waals surface area contributed by atoms with E-state index in [1.165, 1.54) is 11.3 Å². The fourth-order valence-electron chi connectivity index (χ4n) is 3.59. The van der Waals surface area contributed by atoms with E-state index in [1.54, 1.807) is 17.5 Å². The van der Waals surface area contributed by atoms with Crippen LogP contribution in [0.15, 0.2) is 28.8 Å². The van der Waals surface area contributed by atoms with Crippen LogP contribution in [0.3, 0.4) is 0 Å². The lowest BCUT2D eigenvalue weighted by molar-refractivity contribution is -0.167. The number of rotatable bonds is 7. The van der Waals surface area contributed by atoms with Gasteiger partial charge in [-0.3, -0.25) is 24.7 Å². The number of amides is 4. The predicted molar refractivity (Wildman–Crippen MR) is 117 cm³/mol. The second kappa shape index (κ2) is 9.11. The number of primary amides is 1. The Bertz CT molecular complexity index is 1060. The van der Waals surface area contributed by atoms with E-state index < -0.39 is 52.5 Å². The average Bonchev–Trinajstić information content (AvgIpc) is 3.22. The minimum atomic E-state index is -2.20. The first-order valence-electron chi connectivity index (χ1n) is 9.31. The third kappa shape index (κ3) is 4.23. The average molecular weight is 497 g/mol. The standard InChI is InChI=1S/C18H20N6O7S2/c1-8(25)31-6-9-7-33-15-18(24(16(19)20)17(21)30,14(29)23(15)12(9)13(27)28)22-11(26)5-10-3-2-4-32-10/h2-4,15H,5-7H2,1H3,(H3,19,20)(H2,21,30)(H,22,26)(H,27,28)/t15-,18-/m1/s1. The number of fused-ring (bicyclic) bond motifs is 1. The zero-order chi connectivity index (χ0) is 24.5. The molecule has 2 aliphatic rings. The maximum Gasteiger partial charge on any atom is 0.352 e. The topological polar surface area (TPSA) is 209 Å². The minimum absolute atomic E-state index is 0.00356. The van der Waals surface area contributed by atoms with Gasteiger partial charge in [0.15, 0.2) is 5.96 Å². The number of nitrogens with zero attached hydrogens (tertiary/aromatic N) is 2. The molecule has 1 fully saturated rings. The number of nitrogens with one attached hydrogen (secondary N) is 2. The van der Waals surface area contributed by atoms with Crippen LogP contribution in [0.1, 0.15) is 11.8 Å². The van der Waals surface area contributed by atoms with Gasteiger partial charge >= 0.3 is 18.0 Å². The summed E-state index contributed by atoms with van der Waals surface area (Å²) in [6.07, 6.45) is -0.131. The van der Waals surface area contributed by atoms with Gasteiger partial charge in [-0.25, -0.2) is 14.5 Å². The summed E-state index contributed by atoms with van der Waals surface area (Å²) in [4.78, 5) is 63.4. The molecule has 0 bridgehead atoms. The van der Waals surface area contributed by atoms with Crippen LogP contribution in [0.4, 0.5) is 4.79 Å². The molecule has 2 aliphatic heterocycles. The number of carboxylic acid groups (broad SMARTS) is 1. The molecule has 0 saturated carbocycles. The van der Waals surface area contributed by atoms with E-state index in [1.807, 2.05) is 0 Å². The number of aliphatic carboxylic acids is 1. The first-order valence-corrected chi connectivity index (χ1v) is 11.2. The van der Waals surface area contributed by atoms with Gasteiger partial charge in [-0.1, -0.05) is 6.07 Å². The molecule has 176 valence electrons. The summed E-state index contributed by atoms with van der Waals surface area (Å²) in [5, 5.41) is 20.6. The summed E-state index contributed by atoms with van der Waals surface area (Å²) in [7, 11) is 0. The number of carbonyl (C=O) groups is 5. The van der Waals surface area contributed by atoms with E-state index in [4.69, 9.17) is 21.6 Å². The highest BCUT2D eigenvalue weighted by Gasteiger charge is 2.70. The van der Waals surface area contributed by atoms with Gasteiger partial charge in [-0.05, 0) is 11.4 Å². The maximum absolute atomic E-state index is 13.4. The van der Waals surface area contributed by atoms with E-state index in [2.05, 4.69) is 5.32 Å². The second-order valence-corrected chi connectivity index (χ2v) is 9.11. The molecule has 3 rings (SSSR count). The predicted octanol–water partition coefficient (Wildman–Crippen LogP) is -0.806. The number of carbonyl (C=O) groups excluding carboxylic acids is 4.